The molecule has 1 aromatic heterocycles. The molecule has 4 aromatic rings. The summed E-state index contributed by atoms with van der Waals surface area (Å²) in [6, 6.07) is 22.9. The number of hydrogen-bond acceptors (Lipinski definition) is 4. The van der Waals surface area contributed by atoms with Crippen LogP contribution in [0.25, 0.3) is 17.1 Å². The second kappa shape index (κ2) is 9.16. The molecule has 4 rings (SSSR count). The van der Waals surface area contributed by atoms with E-state index in [9.17, 15) is 4.79 Å². The number of rotatable bonds is 6. The van der Waals surface area contributed by atoms with Crippen LogP contribution in [0.5, 0.6) is 0 Å². The lowest BCUT2D eigenvalue weighted by Gasteiger charge is -2.13. The number of para-hydroxylation sites is 1. The minimum Gasteiger partial charge on any atom is -0.293 e. The standard InChI is InChI=1S/C23H17BrClN3OS/c1-15-4-2-3-5-20(15)28-22(17-8-12-19(25)13-9-17)26-27-23(28)30-14-21(29)16-6-10-18(24)11-7-16/h2-13H,14H2,1H3. The fourth-order valence-corrected chi connectivity index (χ4v) is 4.26. The number of halogens is 2. The minimum atomic E-state index is 0.0416. The molecule has 0 radical (unpaired) electrons. The third kappa shape index (κ3) is 4.51. The quantitative estimate of drug-likeness (QED) is 0.221. The van der Waals surface area contributed by atoms with Crippen molar-refractivity contribution in [2.24, 2.45) is 0 Å². The summed E-state index contributed by atoms with van der Waals surface area (Å²) in [6.07, 6.45) is 0. The van der Waals surface area contributed by atoms with E-state index in [1.165, 1.54) is 11.8 Å². The molecule has 4 nitrogen and oxygen atoms in total. The summed E-state index contributed by atoms with van der Waals surface area (Å²) in [4.78, 5) is 12.7. The summed E-state index contributed by atoms with van der Waals surface area (Å²) < 4.78 is 2.94. The molecule has 0 fully saturated rings. The first-order chi connectivity index (χ1) is 14.5. The van der Waals surface area contributed by atoms with Crippen LogP contribution in [0.15, 0.2) is 82.4 Å². The van der Waals surface area contributed by atoms with E-state index >= 15 is 0 Å². The average Bonchev–Trinajstić information content (AvgIpc) is 3.17. The van der Waals surface area contributed by atoms with Gasteiger partial charge in [-0.05, 0) is 55.0 Å². The number of thioether (sulfide) groups is 1. The van der Waals surface area contributed by atoms with Gasteiger partial charge in [-0.25, -0.2) is 0 Å². The van der Waals surface area contributed by atoms with Crippen LogP contribution in [0, 0.1) is 6.92 Å². The van der Waals surface area contributed by atoms with E-state index < -0.39 is 0 Å². The van der Waals surface area contributed by atoms with Gasteiger partial charge in [0.05, 0.1) is 11.4 Å². The first kappa shape index (κ1) is 20.8. The van der Waals surface area contributed by atoms with Crippen LogP contribution >= 0.6 is 39.3 Å². The number of carbonyl (C=O) groups is 1. The first-order valence-corrected chi connectivity index (χ1v) is 11.4. The van der Waals surface area contributed by atoms with Crippen LogP contribution in [-0.2, 0) is 0 Å². The number of ketones is 1. The van der Waals surface area contributed by atoms with Crippen molar-refractivity contribution in [2.75, 3.05) is 5.75 Å². The summed E-state index contributed by atoms with van der Waals surface area (Å²) >= 11 is 10.8. The maximum absolute atomic E-state index is 12.7. The zero-order valence-electron chi connectivity index (χ0n) is 16.0. The van der Waals surface area contributed by atoms with E-state index in [0.29, 0.717) is 21.6 Å². The molecule has 0 bridgehead atoms. The monoisotopic (exact) mass is 497 g/mol. The van der Waals surface area contributed by atoms with Crippen molar-refractivity contribution < 1.29 is 4.79 Å². The van der Waals surface area contributed by atoms with Crippen molar-refractivity contribution in [2.45, 2.75) is 12.1 Å². The molecular formula is C23H17BrClN3OS. The molecule has 0 amide bonds. The molecule has 0 unspecified atom stereocenters. The van der Waals surface area contributed by atoms with Crippen molar-refractivity contribution in [3.05, 3.63) is 93.4 Å². The number of benzene rings is 3. The van der Waals surface area contributed by atoms with Gasteiger partial charge in [-0.2, -0.15) is 0 Å². The molecule has 3 aromatic carbocycles. The van der Waals surface area contributed by atoms with Gasteiger partial charge in [0.25, 0.3) is 0 Å². The fourth-order valence-electron chi connectivity index (χ4n) is 3.03. The van der Waals surface area contributed by atoms with Gasteiger partial charge < -0.3 is 0 Å². The Labute approximate surface area is 192 Å². The normalized spacial score (nSPS) is 10.9. The average molecular weight is 499 g/mol. The molecule has 0 aliphatic heterocycles. The summed E-state index contributed by atoms with van der Waals surface area (Å²) in [5, 5.41) is 10.2. The van der Waals surface area contributed by atoms with E-state index in [1.54, 1.807) is 0 Å². The molecule has 0 aliphatic carbocycles. The molecule has 0 saturated heterocycles. The van der Waals surface area contributed by atoms with Gasteiger partial charge in [0.2, 0.25) is 0 Å². The molecular weight excluding hydrogens is 482 g/mol. The summed E-state index contributed by atoms with van der Waals surface area (Å²) in [7, 11) is 0. The van der Waals surface area contributed by atoms with E-state index in [1.807, 2.05) is 84.3 Å². The molecule has 0 atom stereocenters. The Balaban J connectivity index is 1.69. The van der Waals surface area contributed by atoms with E-state index in [2.05, 4.69) is 26.1 Å². The minimum absolute atomic E-state index is 0.0416. The highest BCUT2D eigenvalue weighted by Gasteiger charge is 2.19. The third-order valence-corrected chi connectivity index (χ3v) is 6.30. The van der Waals surface area contributed by atoms with Gasteiger partial charge in [0, 0.05) is 20.6 Å². The first-order valence-electron chi connectivity index (χ1n) is 9.22. The topological polar surface area (TPSA) is 47.8 Å². The predicted octanol–water partition coefficient (Wildman–Crippen LogP) is 6.63. The number of hydrogen-bond donors (Lipinski definition) is 0. The Morgan fingerprint density at radius 2 is 1.70 bits per heavy atom. The van der Waals surface area contributed by atoms with Crippen LogP contribution in [0.4, 0.5) is 0 Å². The number of carbonyl (C=O) groups excluding carboxylic acids is 1. The molecule has 7 heteroatoms. The lowest BCUT2D eigenvalue weighted by atomic mass is 10.1. The van der Waals surface area contributed by atoms with Crippen LogP contribution in [0.2, 0.25) is 5.02 Å². The van der Waals surface area contributed by atoms with Crippen LogP contribution < -0.4 is 0 Å². The molecule has 0 spiro atoms. The van der Waals surface area contributed by atoms with Crippen LogP contribution in [0.1, 0.15) is 15.9 Å². The van der Waals surface area contributed by atoms with E-state index in [-0.39, 0.29) is 11.5 Å². The number of aromatic nitrogens is 3. The van der Waals surface area contributed by atoms with Gasteiger partial charge in [0.1, 0.15) is 0 Å². The summed E-state index contributed by atoms with van der Waals surface area (Å²) in [6.45, 7) is 2.04. The van der Waals surface area contributed by atoms with Crippen molar-refractivity contribution >= 4 is 45.1 Å². The van der Waals surface area contributed by atoms with Crippen molar-refractivity contribution in [3.63, 3.8) is 0 Å². The van der Waals surface area contributed by atoms with Gasteiger partial charge in [0.15, 0.2) is 16.8 Å². The van der Waals surface area contributed by atoms with E-state index in [4.69, 9.17) is 11.6 Å². The van der Waals surface area contributed by atoms with Gasteiger partial charge in [-0.1, -0.05) is 69.6 Å². The number of aryl methyl sites for hydroxylation is 1. The van der Waals surface area contributed by atoms with Crippen LogP contribution in [0.3, 0.4) is 0 Å². The predicted molar refractivity (Wildman–Crippen MR) is 126 cm³/mol. The van der Waals surface area contributed by atoms with E-state index in [0.717, 1.165) is 21.3 Å². The Hall–Kier alpha value is -2.41. The molecule has 150 valence electrons. The van der Waals surface area contributed by atoms with Crippen molar-refractivity contribution in [1.29, 1.82) is 0 Å². The van der Waals surface area contributed by atoms with Gasteiger partial charge in [-0.3, -0.25) is 9.36 Å². The number of Topliss-reactive ketones (excluding diaryl/α,β-unsaturated/α-hetero) is 1. The maximum atomic E-state index is 12.7. The molecule has 0 N–H and O–H groups in total. The number of nitrogens with zero attached hydrogens (tertiary/aromatic N) is 3. The zero-order chi connectivity index (χ0) is 21.1. The molecule has 0 aliphatic rings. The zero-order valence-corrected chi connectivity index (χ0v) is 19.2. The molecule has 1 heterocycles. The van der Waals surface area contributed by atoms with Crippen molar-refractivity contribution in [1.82, 2.24) is 14.8 Å². The maximum Gasteiger partial charge on any atom is 0.196 e. The Morgan fingerprint density at radius 1 is 1.00 bits per heavy atom. The smallest absolute Gasteiger partial charge is 0.196 e. The van der Waals surface area contributed by atoms with Crippen molar-refractivity contribution in [3.8, 4) is 17.1 Å². The molecule has 0 saturated carbocycles. The second-order valence-electron chi connectivity index (χ2n) is 6.65. The highest BCUT2D eigenvalue weighted by atomic mass is 79.9. The third-order valence-electron chi connectivity index (χ3n) is 4.59. The lowest BCUT2D eigenvalue weighted by Crippen LogP contribution is -2.05. The Kier molecular flexibility index (Phi) is 6.37. The second-order valence-corrected chi connectivity index (χ2v) is 8.95. The lowest BCUT2D eigenvalue weighted by molar-refractivity contribution is 0.102. The highest BCUT2D eigenvalue weighted by Crippen LogP contribution is 2.30. The summed E-state index contributed by atoms with van der Waals surface area (Å²) in [5.74, 6) is 1.02. The van der Waals surface area contributed by atoms with Crippen LogP contribution in [-0.4, -0.2) is 26.3 Å². The highest BCUT2D eigenvalue weighted by molar-refractivity contribution is 9.10. The fraction of sp³-hybridized carbons (Fsp3) is 0.0870. The SMILES string of the molecule is Cc1ccccc1-n1c(SCC(=O)c2ccc(Br)cc2)nnc1-c1ccc(Cl)cc1. The Morgan fingerprint density at radius 3 is 2.40 bits per heavy atom. The van der Waals surface area contributed by atoms with Gasteiger partial charge >= 0.3 is 0 Å². The largest absolute Gasteiger partial charge is 0.293 e. The molecule has 30 heavy (non-hydrogen) atoms. The van der Waals surface area contributed by atoms with Gasteiger partial charge in [-0.15, -0.1) is 10.2 Å². The Bertz CT molecular complexity index is 1190. The summed E-state index contributed by atoms with van der Waals surface area (Å²) in [5.41, 5.74) is 3.64.